The van der Waals surface area contributed by atoms with Gasteiger partial charge in [0.05, 0.1) is 31.5 Å². The van der Waals surface area contributed by atoms with E-state index in [1.165, 1.54) is 5.56 Å². The van der Waals surface area contributed by atoms with Crippen LogP contribution in [-0.4, -0.2) is 74.4 Å². The Bertz CT molecular complexity index is 796. The minimum atomic E-state index is -0.108. The number of benzene rings is 1. The largest absolute Gasteiger partial charge is 0.378 e. The van der Waals surface area contributed by atoms with Crippen molar-refractivity contribution >= 4 is 11.7 Å². The van der Waals surface area contributed by atoms with E-state index in [2.05, 4.69) is 44.4 Å². The van der Waals surface area contributed by atoms with Gasteiger partial charge in [0, 0.05) is 45.5 Å². The molecule has 29 heavy (non-hydrogen) atoms. The zero-order chi connectivity index (χ0) is 19.9. The first-order valence-electron chi connectivity index (χ1n) is 10.2. The maximum atomic E-state index is 12.8. The molecule has 0 bridgehead atoms. The van der Waals surface area contributed by atoms with Crippen LogP contribution in [0.4, 0.5) is 5.82 Å². The number of amides is 1. The fraction of sp³-hybridized carbons (Fsp3) is 0.455. The van der Waals surface area contributed by atoms with E-state index in [9.17, 15) is 4.79 Å². The summed E-state index contributed by atoms with van der Waals surface area (Å²) in [5.74, 6) is 0.618. The molecule has 7 nitrogen and oxygen atoms in total. The number of rotatable bonds is 6. The van der Waals surface area contributed by atoms with Crippen LogP contribution in [0.25, 0.3) is 0 Å². The molecule has 4 rings (SSSR count). The summed E-state index contributed by atoms with van der Waals surface area (Å²) in [6.45, 7) is 6.59. The molecule has 1 aromatic carbocycles. The summed E-state index contributed by atoms with van der Waals surface area (Å²) in [5, 5.41) is 3.04. The van der Waals surface area contributed by atoms with Crippen LogP contribution in [0.15, 0.2) is 48.7 Å². The molecule has 1 atom stereocenters. The van der Waals surface area contributed by atoms with Crippen LogP contribution in [0.3, 0.4) is 0 Å². The molecule has 2 fully saturated rings. The van der Waals surface area contributed by atoms with Crippen molar-refractivity contribution in [2.45, 2.75) is 12.6 Å². The molecule has 1 N–H and O–H groups in total. The molecule has 2 aliphatic heterocycles. The van der Waals surface area contributed by atoms with Crippen LogP contribution in [0.1, 0.15) is 15.9 Å². The fourth-order valence-corrected chi connectivity index (χ4v) is 3.79. The highest BCUT2D eigenvalue weighted by Gasteiger charge is 2.23. The second kappa shape index (κ2) is 9.82. The van der Waals surface area contributed by atoms with E-state index < -0.39 is 0 Å². The van der Waals surface area contributed by atoms with Crippen LogP contribution in [0.2, 0.25) is 0 Å². The molecular formula is C22H28N4O3. The van der Waals surface area contributed by atoms with Crippen LogP contribution >= 0.6 is 0 Å². The molecule has 1 aromatic heterocycles. The van der Waals surface area contributed by atoms with Crippen LogP contribution in [0.5, 0.6) is 0 Å². The van der Waals surface area contributed by atoms with Gasteiger partial charge in [0.25, 0.3) is 5.91 Å². The lowest BCUT2D eigenvalue weighted by molar-refractivity contribution is -0.0292. The summed E-state index contributed by atoms with van der Waals surface area (Å²) in [6, 6.07) is 14.1. The molecule has 2 aromatic rings. The van der Waals surface area contributed by atoms with Crippen LogP contribution < -0.4 is 10.2 Å². The molecule has 3 heterocycles. The van der Waals surface area contributed by atoms with Crippen molar-refractivity contribution in [1.29, 1.82) is 0 Å². The number of ether oxygens (including phenoxy) is 2. The number of morpholine rings is 2. The number of hydrogen-bond acceptors (Lipinski definition) is 6. The molecule has 154 valence electrons. The Hall–Kier alpha value is -2.48. The first-order valence-corrected chi connectivity index (χ1v) is 10.2. The lowest BCUT2D eigenvalue weighted by Gasteiger charge is -2.33. The number of hydrogen-bond donors (Lipinski definition) is 1. The summed E-state index contributed by atoms with van der Waals surface area (Å²) < 4.78 is 11.3. The molecule has 2 aliphatic rings. The van der Waals surface area contributed by atoms with E-state index in [4.69, 9.17) is 9.47 Å². The van der Waals surface area contributed by atoms with Gasteiger partial charge in [0.1, 0.15) is 5.82 Å². The topological polar surface area (TPSA) is 66.9 Å². The summed E-state index contributed by atoms with van der Waals surface area (Å²) in [4.78, 5) is 21.8. The van der Waals surface area contributed by atoms with Gasteiger partial charge in [0.15, 0.2) is 0 Å². The maximum absolute atomic E-state index is 12.8. The predicted octanol–water partition coefficient (Wildman–Crippen LogP) is 1.55. The number of carbonyl (C=O) groups is 1. The monoisotopic (exact) mass is 396 g/mol. The van der Waals surface area contributed by atoms with E-state index in [0.717, 1.165) is 38.5 Å². The van der Waals surface area contributed by atoms with Gasteiger partial charge in [-0.25, -0.2) is 4.98 Å². The first kappa shape index (κ1) is 19.8. The van der Waals surface area contributed by atoms with Gasteiger partial charge in [-0.05, 0) is 17.7 Å². The first-order chi connectivity index (χ1) is 14.3. The minimum Gasteiger partial charge on any atom is -0.378 e. The maximum Gasteiger partial charge on any atom is 0.255 e. The molecule has 0 spiro atoms. The smallest absolute Gasteiger partial charge is 0.255 e. The van der Waals surface area contributed by atoms with Crippen molar-refractivity contribution in [3.8, 4) is 0 Å². The highest BCUT2D eigenvalue weighted by Crippen LogP contribution is 2.18. The number of carbonyl (C=O) groups excluding carboxylic acids is 1. The number of anilines is 1. The Morgan fingerprint density at radius 3 is 2.72 bits per heavy atom. The molecular weight excluding hydrogens is 368 g/mol. The van der Waals surface area contributed by atoms with Gasteiger partial charge in [-0.1, -0.05) is 30.3 Å². The predicted molar refractivity (Wildman–Crippen MR) is 111 cm³/mol. The Morgan fingerprint density at radius 2 is 1.90 bits per heavy atom. The average Bonchev–Trinajstić information content (AvgIpc) is 2.79. The Labute approximate surface area is 171 Å². The number of nitrogens with zero attached hydrogens (tertiary/aromatic N) is 3. The average molecular weight is 396 g/mol. The van der Waals surface area contributed by atoms with Gasteiger partial charge >= 0.3 is 0 Å². The van der Waals surface area contributed by atoms with E-state index in [1.54, 1.807) is 12.3 Å². The minimum absolute atomic E-state index is 0.0140. The van der Waals surface area contributed by atoms with E-state index >= 15 is 0 Å². The number of aromatic nitrogens is 1. The normalized spacial score (nSPS) is 20.4. The van der Waals surface area contributed by atoms with Crippen molar-refractivity contribution in [2.75, 3.05) is 57.4 Å². The van der Waals surface area contributed by atoms with E-state index in [-0.39, 0.29) is 12.0 Å². The van der Waals surface area contributed by atoms with Crippen molar-refractivity contribution in [3.63, 3.8) is 0 Å². The highest BCUT2D eigenvalue weighted by atomic mass is 16.5. The zero-order valence-corrected chi connectivity index (χ0v) is 16.6. The van der Waals surface area contributed by atoms with Crippen molar-refractivity contribution in [1.82, 2.24) is 15.2 Å². The van der Waals surface area contributed by atoms with Gasteiger partial charge in [-0.2, -0.15) is 0 Å². The van der Waals surface area contributed by atoms with E-state index in [1.807, 2.05) is 12.1 Å². The summed E-state index contributed by atoms with van der Waals surface area (Å²) in [5.41, 5.74) is 1.90. The van der Waals surface area contributed by atoms with Gasteiger partial charge < -0.3 is 19.7 Å². The van der Waals surface area contributed by atoms with Gasteiger partial charge in [0.2, 0.25) is 0 Å². The lowest BCUT2D eigenvalue weighted by atomic mass is 10.2. The lowest BCUT2D eigenvalue weighted by Crippen LogP contribution is -2.47. The molecule has 0 saturated carbocycles. The number of nitrogens with one attached hydrogen (secondary N) is 1. The molecule has 1 amide bonds. The SMILES string of the molecule is O=C(NCC1CN(Cc2ccccc2)CCO1)c1cccnc1N1CCOCC1. The third-order valence-electron chi connectivity index (χ3n) is 5.30. The quantitative estimate of drug-likeness (QED) is 0.799. The van der Waals surface area contributed by atoms with Crippen molar-refractivity contribution in [2.24, 2.45) is 0 Å². The highest BCUT2D eigenvalue weighted by molar-refractivity contribution is 5.98. The Morgan fingerprint density at radius 1 is 1.07 bits per heavy atom. The third-order valence-corrected chi connectivity index (χ3v) is 5.30. The molecule has 1 unspecified atom stereocenters. The van der Waals surface area contributed by atoms with E-state index in [0.29, 0.717) is 31.9 Å². The fourth-order valence-electron chi connectivity index (χ4n) is 3.79. The Kier molecular flexibility index (Phi) is 6.71. The van der Waals surface area contributed by atoms with Crippen molar-refractivity contribution < 1.29 is 14.3 Å². The summed E-state index contributed by atoms with van der Waals surface area (Å²) in [6.07, 6.45) is 1.72. The zero-order valence-electron chi connectivity index (χ0n) is 16.6. The second-order valence-electron chi connectivity index (χ2n) is 7.40. The Balaban J connectivity index is 1.32. The summed E-state index contributed by atoms with van der Waals surface area (Å²) >= 11 is 0. The van der Waals surface area contributed by atoms with Crippen molar-refractivity contribution in [3.05, 3.63) is 59.8 Å². The third kappa shape index (κ3) is 5.32. The summed E-state index contributed by atoms with van der Waals surface area (Å²) in [7, 11) is 0. The number of pyridine rings is 1. The van der Waals surface area contributed by atoms with Crippen LogP contribution in [0, 0.1) is 0 Å². The van der Waals surface area contributed by atoms with Gasteiger partial charge in [-0.3, -0.25) is 9.69 Å². The molecule has 0 aliphatic carbocycles. The molecule has 7 heteroatoms. The van der Waals surface area contributed by atoms with Gasteiger partial charge in [-0.15, -0.1) is 0 Å². The standard InChI is InChI=1S/C22H28N4O3/c27-22(20-7-4-8-23-21(20)26-10-12-28-13-11-26)24-15-19-17-25(9-14-29-19)16-18-5-2-1-3-6-18/h1-8,19H,9-17H2,(H,24,27). The molecule has 2 saturated heterocycles. The molecule has 0 radical (unpaired) electrons. The van der Waals surface area contributed by atoms with Crippen LogP contribution in [-0.2, 0) is 16.0 Å². The second-order valence-corrected chi connectivity index (χ2v) is 7.40.